The van der Waals surface area contributed by atoms with E-state index >= 15 is 0 Å². The highest BCUT2D eigenvalue weighted by molar-refractivity contribution is 5.80. The Morgan fingerprint density at radius 2 is 1.86 bits per heavy atom. The van der Waals surface area contributed by atoms with E-state index in [1.807, 2.05) is 13.8 Å². The summed E-state index contributed by atoms with van der Waals surface area (Å²) in [6.45, 7) is 13.8. The lowest BCUT2D eigenvalue weighted by molar-refractivity contribution is -0.150. The lowest BCUT2D eigenvalue weighted by atomic mass is 9.76. The van der Waals surface area contributed by atoms with Crippen LogP contribution in [-0.2, 0) is 4.79 Å². The van der Waals surface area contributed by atoms with Crippen LogP contribution in [0.25, 0.3) is 0 Å². The molecule has 21 heavy (non-hydrogen) atoms. The Bertz CT molecular complexity index is 404. The highest BCUT2D eigenvalue weighted by atomic mass is 16.4. The highest BCUT2D eigenvalue weighted by Crippen LogP contribution is 2.38. The molecule has 5 nitrogen and oxygen atoms in total. The Labute approximate surface area is 128 Å². The summed E-state index contributed by atoms with van der Waals surface area (Å²) in [5, 5.41) is 12.5. The SMILES string of the molecule is CC(C)C(C)(C)CNC(=O)N1CCC(C(=O)O)(C(C)C)C1. The Morgan fingerprint density at radius 3 is 2.24 bits per heavy atom. The van der Waals surface area contributed by atoms with Crippen LogP contribution < -0.4 is 5.32 Å². The molecule has 0 bridgehead atoms. The molecule has 1 saturated heterocycles. The number of amides is 2. The first kappa shape index (κ1) is 17.8. The average molecular weight is 298 g/mol. The summed E-state index contributed by atoms with van der Waals surface area (Å²) in [4.78, 5) is 25.5. The minimum absolute atomic E-state index is 0.0138. The van der Waals surface area contributed by atoms with Gasteiger partial charge in [-0.15, -0.1) is 0 Å². The molecule has 0 saturated carbocycles. The van der Waals surface area contributed by atoms with Crippen LogP contribution in [0, 0.1) is 22.7 Å². The van der Waals surface area contributed by atoms with Crippen molar-refractivity contribution in [2.75, 3.05) is 19.6 Å². The summed E-state index contributed by atoms with van der Waals surface area (Å²) in [6.07, 6.45) is 0.529. The maximum atomic E-state index is 12.3. The summed E-state index contributed by atoms with van der Waals surface area (Å²) >= 11 is 0. The molecule has 0 aliphatic carbocycles. The van der Waals surface area contributed by atoms with Gasteiger partial charge in [0.1, 0.15) is 0 Å². The fourth-order valence-corrected chi connectivity index (χ4v) is 2.52. The van der Waals surface area contributed by atoms with Gasteiger partial charge in [-0.2, -0.15) is 0 Å². The van der Waals surface area contributed by atoms with Gasteiger partial charge >= 0.3 is 12.0 Å². The molecular formula is C16H30N2O3. The van der Waals surface area contributed by atoms with Crippen LogP contribution in [-0.4, -0.2) is 41.6 Å². The molecule has 0 radical (unpaired) electrons. The number of carbonyl (C=O) groups is 2. The van der Waals surface area contributed by atoms with Crippen molar-refractivity contribution in [3.05, 3.63) is 0 Å². The Balaban J connectivity index is 2.65. The molecule has 1 unspecified atom stereocenters. The van der Waals surface area contributed by atoms with Crippen LogP contribution in [0.3, 0.4) is 0 Å². The van der Waals surface area contributed by atoms with Crippen LogP contribution >= 0.6 is 0 Å². The van der Waals surface area contributed by atoms with E-state index in [1.165, 1.54) is 0 Å². The monoisotopic (exact) mass is 298 g/mol. The first-order valence-electron chi connectivity index (χ1n) is 7.79. The van der Waals surface area contributed by atoms with Crippen molar-refractivity contribution >= 4 is 12.0 Å². The molecule has 1 rings (SSSR count). The van der Waals surface area contributed by atoms with Gasteiger partial charge in [0.25, 0.3) is 0 Å². The van der Waals surface area contributed by atoms with Gasteiger partial charge in [0, 0.05) is 19.6 Å². The van der Waals surface area contributed by atoms with Gasteiger partial charge in [-0.25, -0.2) is 4.79 Å². The largest absolute Gasteiger partial charge is 0.481 e. The van der Waals surface area contributed by atoms with Gasteiger partial charge in [0.15, 0.2) is 0 Å². The second kappa shape index (κ2) is 6.24. The van der Waals surface area contributed by atoms with Crippen molar-refractivity contribution in [2.24, 2.45) is 22.7 Å². The molecule has 1 heterocycles. The second-order valence-corrected chi connectivity index (χ2v) is 7.59. The maximum Gasteiger partial charge on any atom is 0.317 e. The van der Waals surface area contributed by atoms with Crippen LogP contribution in [0.15, 0.2) is 0 Å². The third kappa shape index (κ3) is 3.69. The summed E-state index contributed by atoms with van der Waals surface area (Å²) < 4.78 is 0. The normalized spacial score (nSPS) is 23.0. The van der Waals surface area contributed by atoms with Crippen molar-refractivity contribution in [2.45, 2.75) is 48.0 Å². The van der Waals surface area contributed by atoms with E-state index in [0.29, 0.717) is 32.0 Å². The predicted octanol–water partition coefficient (Wildman–Crippen LogP) is 2.81. The zero-order valence-corrected chi connectivity index (χ0v) is 14.2. The quantitative estimate of drug-likeness (QED) is 0.820. The lowest BCUT2D eigenvalue weighted by Crippen LogP contribution is -2.46. The summed E-state index contributed by atoms with van der Waals surface area (Å²) in [7, 11) is 0. The zero-order valence-electron chi connectivity index (χ0n) is 14.2. The molecule has 2 N–H and O–H groups in total. The first-order chi connectivity index (χ1) is 9.53. The molecule has 2 amide bonds. The van der Waals surface area contributed by atoms with Gasteiger partial charge in [0.05, 0.1) is 5.41 Å². The topological polar surface area (TPSA) is 69.6 Å². The molecule has 0 aromatic carbocycles. The second-order valence-electron chi connectivity index (χ2n) is 7.59. The Morgan fingerprint density at radius 1 is 1.29 bits per heavy atom. The summed E-state index contributed by atoms with van der Waals surface area (Å²) in [6, 6.07) is -0.146. The number of hydrogen-bond donors (Lipinski definition) is 2. The van der Waals surface area contributed by atoms with Crippen molar-refractivity contribution in [3.63, 3.8) is 0 Å². The lowest BCUT2D eigenvalue weighted by Gasteiger charge is -2.31. The van der Waals surface area contributed by atoms with Crippen LogP contribution in [0.4, 0.5) is 4.79 Å². The van der Waals surface area contributed by atoms with Gasteiger partial charge in [-0.05, 0) is 23.7 Å². The molecule has 1 aliphatic heterocycles. The molecular weight excluding hydrogens is 268 g/mol. The number of hydrogen-bond acceptors (Lipinski definition) is 2. The van der Waals surface area contributed by atoms with Crippen molar-refractivity contribution < 1.29 is 14.7 Å². The van der Waals surface area contributed by atoms with E-state index in [-0.39, 0.29) is 17.4 Å². The number of nitrogens with one attached hydrogen (secondary N) is 1. The molecule has 1 atom stereocenters. The molecule has 5 heteroatoms. The van der Waals surface area contributed by atoms with Gasteiger partial charge in [-0.3, -0.25) is 4.79 Å². The van der Waals surface area contributed by atoms with Gasteiger partial charge < -0.3 is 15.3 Å². The van der Waals surface area contributed by atoms with E-state index < -0.39 is 11.4 Å². The van der Waals surface area contributed by atoms with Gasteiger partial charge in [0.2, 0.25) is 0 Å². The molecule has 0 aromatic rings. The van der Waals surface area contributed by atoms with E-state index in [0.717, 1.165) is 0 Å². The third-order valence-corrected chi connectivity index (χ3v) is 5.38. The highest BCUT2D eigenvalue weighted by Gasteiger charge is 2.48. The maximum absolute atomic E-state index is 12.3. The molecule has 0 spiro atoms. The van der Waals surface area contributed by atoms with Crippen molar-refractivity contribution in [1.29, 1.82) is 0 Å². The standard InChI is InChI=1S/C16H30N2O3/c1-11(2)15(5,6)9-17-14(21)18-8-7-16(10-18,12(3)4)13(19)20/h11-12H,7-10H2,1-6H3,(H,17,21)(H,19,20). The smallest absolute Gasteiger partial charge is 0.317 e. The average Bonchev–Trinajstić information content (AvgIpc) is 2.82. The van der Waals surface area contributed by atoms with Crippen LogP contribution in [0.1, 0.15) is 48.0 Å². The number of carbonyl (C=O) groups excluding carboxylic acids is 1. The van der Waals surface area contributed by atoms with Crippen molar-refractivity contribution in [1.82, 2.24) is 10.2 Å². The number of carboxylic acid groups (broad SMARTS) is 1. The number of aliphatic carboxylic acids is 1. The number of nitrogens with zero attached hydrogens (tertiary/aromatic N) is 1. The fraction of sp³-hybridized carbons (Fsp3) is 0.875. The predicted molar refractivity (Wildman–Crippen MR) is 83.1 cm³/mol. The fourth-order valence-electron chi connectivity index (χ4n) is 2.52. The molecule has 0 aromatic heterocycles. The van der Waals surface area contributed by atoms with E-state index in [9.17, 15) is 14.7 Å². The van der Waals surface area contributed by atoms with E-state index in [4.69, 9.17) is 0 Å². The molecule has 1 fully saturated rings. The summed E-state index contributed by atoms with van der Waals surface area (Å²) in [5.41, 5.74) is -0.776. The molecule has 1 aliphatic rings. The van der Waals surface area contributed by atoms with Crippen LogP contribution in [0.2, 0.25) is 0 Å². The first-order valence-corrected chi connectivity index (χ1v) is 7.79. The van der Waals surface area contributed by atoms with Crippen molar-refractivity contribution in [3.8, 4) is 0 Å². The number of urea groups is 1. The Hall–Kier alpha value is -1.26. The minimum Gasteiger partial charge on any atom is -0.481 e. The summed E-state index contributed by atoms with van der Waals surface area (Å²) in [5.74, 6) is -0.319. The molecule has 122 valence electrons. The van der Waals surface area contributed by atoms with Gasteiger partial charge in [-0.1, -0.05) is 41.5 Å². The number of carboxylic acids is 1. The minimum atomic E-state index is -0.801. The number of rotatable bonds is 5. The Kier molecular flexibility index (Phi) is 5.29. The van der Waals surface area contributed by atoms with E-state index in [2.05, 4.69) is 33.0 Å². The van der Waals surface area contributed by atoms with E-state index in [1.54, 1.807) is 4.90 Å². The zero-order chi connectivity index (χ0) is 16.4. The third-order valence-electron chi connectivity index (χ3n) is 5.38. The van der Waals surface area contributed by atoms with Crippen LogP contribution in [0.5, 0.6) is 0 Å². The number of likely N-dealkylation sites (tertiary alicyclic amines) is 1.